The van der Waals surface area contributed by atoms with Crippen molar-refractivity contribution in [2.45, 2.75) is 40.2 Å². The predicted octanol–water partition coefficient (Wildman–Crippen LogP) is 1.63. The van der Waals surface area contributed by atoms with Gasteiger partial charge in [0, 0.05) is 19.3 Å². The fourth-order valence-corrected chi connectivity index (χ4v) is 1.64. The van der Waals surface area contributed by atoms with Crippen LogP contribution in [0.25, 0.3) is 0 Å². The first-order valence-electron chi connectivity index (χ1n) is 6.07. The topological polar surface area (TPSA) is 42.7 Å². The number of aryl methyl sites for hydroxylation is 1. The lowest BCUT2D eigenvalue weighted by molar-refractivity contribution is 0.352. The maximum atomic E-state index is 4.13. The van der Waals surface area contributed by atoms with Crippen LogP contribution in [0.1, 0.15) is 33.4 Å². The molecule has 16 heavy (non-hydrogen) atoms. The van der Waals surface area contributed by atoms with E-state index < -0.39 is 0 Å². The fourth-order valence-electron chi connectivity index (χ4n) is 1.64. The Morgan fingerprint density at radius 2 is 1.94 bits per heavy atom. The Labute approximate surface area is 98.4 Å². The van der Waals surface area contributed by atoms with Crippen LogP contribution in [0.3, 0.4) is 0 Å². The lowest BCUT2D eigenvalue weighted by Crippen LogP contribution is -2.31. The Bertz CT molecular complexity index is 306. The largest absolute Gasteiger partial charge is 0.314 e. The minimum absolute atomic E-state index is 0.561. The molecule has 0 saturated heterocycles. The van der Waals surface area contributed by atoms with Gasteiger partial charge in [0.1, 0.15) is 0 Å². The van der Waals surface area contributed by atoms with E-state index in [1.165, 1.54) is 0 Å². The zero-order chi connectivity index (χ0) is 12.1. The van der Waals surface area contributed by atoms with Crippen LogP contribution < -0.4 is 5.32 Å². The van der Waals surface area contributed by atoms with Crippen molar-refractivity contribution in [1.82, 2.24) is 20.3 Å². The summed E-state index contributed by atoms with van der Waals surface area (Å²) in [7, 11) is 1.91. The summed E-state index contributed by atoms with van der Waals surface area (Å²) in [6.45, 7) is 10.00. The summed E-state index contributed by atoms with van der Waals surface area (Å²) < 4.78 is 1.76. The molecule has 0 aromatic carbocycles. The quantitative estimate of drug-likeness (QED) is 0.798. The first kappa shape index (κ1) is 13.2. The highest BCUT2D eigenvalue weighted by Gasteiger charge is 2.14. The molecule has 1 N–H and O–H groups in total. The van der Waals surface area contributed by atoms with Crippen molar-refractivity contribution in [3.8, 4) is 0 Å². The Hall–Kier alpha value is -0.900. The van der Waals surface area contributed by atoms with Crippen LogP contribution in [0.2, 0.25) is 0 Å². The van der Waals surface area contributed by atoms with E-state index in [0.717, 1.165) is 18.7 Å². The smallest absolute Gasteiger partial charge is 0.0829 e. The minimum Gasteiger partial charge on any atom is -0.314 e. The molecule has 0 aliphatic rings. The molecule has 2 atom stereocenters. The van der Waals surface area contributed by atoms with Crippen LogP contribution in [0, 0.1) is 11.8 Å². The van der Waals surface area contributed by atoms with Gasteiger partial charge in [0.2, 0.25) is 0 Å². The van der Waals surface area contributed by atoms with E-state index >= 15 is 0 Å². The Balaban J connectivity index is 2.36. The molecule has 1 rings (SSSR count). The zero-order valence-corrected chi connectivity index (χ0v) is 11.1. The molecule has 0 radical (unpaired) electrons. The zero-order valence-electron chi connectivity index (χ0n) is 11.1. The normalized spacial score (nSPS) is 15.4. The molecule has 1 aromatic heterocycles. The van der Waals surface area contributed by atoms with Gasteiger partial charge in [0.25, 0.3) is 0 Å². The lowest BCUT2D eigenvalue weighted by atomic mass is 9.91. The van der Waals surface area contributed by atoms with Crippen LogP contribution in [0.15, 0.2) is 6.20 Å². The molecular weight excluding hydrogens is 200 g/mol. The lowest BCUT2D eigenvalue weighted by Gasteiger charge is -2.20. The van der Waals surface area contributed by atoms with Crippen molar-refractivity contribution >= 4 is 0 Å². The molecular formula is C12H24N4. The molecule has 1 heterocycles. The summed E-state index contributed by atoms with van der Waals surface area (Å²) in [4.78, 5) is 0. The maximum Gasteiger partial charge on any atom is 0.0829 e. The minimum atomic E-state index is 0.561. The van der Waals surface area contributed by atoms with Crippen molar-refractivity contribution in [1.29, 1.82) is 0 Å². The Morgan fingerprint density at radius 3 is 2.44 bits per heavy atom. The molecule has 0 fully saturated rings. The number of rotatable bonds is 6. The van der Waals surface area contributed by atoms with Crippen molar-refractivity contribution < 1.29 is 0 Å². The average molecular weight is 224 g/mol. The van der Waals surface area contributed by atoms with E-state index in [-0.39, 0.29) is 0 Å². The van der Waals surface area contributed by atoms with Gasteiger partial charge in [-0.2, -0.15) is 0 Å². The molecule has 2 unspecified atom stereocenters. The van der Waals surface area contributed by atoms with Crippen molar-refractivity contribution in [2.24, 2.45) is 18.9 Å². The van der Waals surface area contributed by atoms with Gasteiger partial charge in [-0.15, -0.1) is 5.10 Å². The van der Waals surface area contributed by atoms with Gasteiger partial charge < -0.3 is 5.32 Å². The van der Waals surface area contributed by atoms with Crippen LogP contribution in [0.4, 0.5) is 0 Å². The number of hydrogen-bond acceptors (Lipinski definition) is 3. The van der Waals surface area contributed by atoms with E-state index in [4.69, 9.17) is 0 Å². The number of nitrogens with zero attached hydrogens (tertiary/aromatic N) is 3. The SMILES string of the molecule is CC(C)NCC(C)C(C)Cc1cn(C)nn1. The van der Waals surface area contributed by atoms with Crippen LogP contribution in [-0.4, -0.2) is 27.6 Å². The molecule has 1 aromatic rings. The molecule has 4 heteroatoms. The maximum absolute atomic E-state index is 4.13. The third kappa shape index (κ3) is 4.31. The summed E-state index contributed by atoms with van der Waals surface area (Å²) >= 11 is 0. The fraction of sp³-hybridized carbons (Fsp3) is 0.833. The highest BCUT2D eigenvalue weighted by atomic mass is 15.4. The highest BCUT2D eigenvalue weighted by molar-refractivity contribution is 4.94. The molecule has 0 amide bonds. The first-order chi connectivity index (χ1) is 7.49. The average Bonchev–Trinajstić information content (AvgIpc) is 2.60. The summed E-state index contributed by atoms with van der Waals surface area (Å²) in [6.07, 6.45) is 3.01. The van der Waals surface area contributed by atoms with E-state index in [9.17, 15) is 0 Å². The van der Waals surface area contributed by atoms with Gasteiger partial charge >= 0.3 is 0 Å². The number of nitrogens with one attached hydrogen (secondary N) is 1. The number of hydrogen-bond donors (Lipinski definition) is 1. The summed E-state index contributed by atoms with van der Waals surface area (Å²) in [6, 6.07) is 0.561. The molecule has 0 aliphatic carbocycles. The van der Waals surface area contributed by atoms with Crippen molar-refractivity contribution in [2.75, 3.05) is 6.54 Å². The van der Waals surface area contributed by atoms with Crippen LogP contribution in [-0.2, 0) is 13.5 Å². The van der Waals surface area contributed by atoms with Gasteiger partial charge in [0.05, 0.1) is 5.69 Å². The third-order valence-corrected chi connectivity index (χ3v) is 3.00. The molecule has 0 aliphatic heterocycles. The van der Waals surface area contributed by atoms with E-state index in [1.807, 2.05) is 13.2 Å². The summed E-state index contributed by atoms with van der Waals surface area (Å²) in [5, 5.41) is 11.6. The summed E-state index contributed by atoms with van der Waals surface area (Å²) in [5.74, 6) is 1.28. The molecule has 92 valence electrons. The Morgan fingerprint density at radius 1 is 1.25 bits per heavy atom. The van der Waals surface area contributed by atoms with Gasteiger partial charge in [-0.25, -0.2) is 0 Å². The highest BCUT2D eigenvalue weighted by Crippen LogP contribution is 2.15. The monoisotopic (exact) mass is 224 g/mol. The van der Waals surface area contributed by atoms with Gasteiger partial charge in [-0.05, 0) is 24.8 Å². The molecule has 0 bridgehead atoms. The van der Waals surface area contributed by atoms with Crippen LogP contribution in [0.5, 0.6) is 0 Å². The van der Waals surface area contributed by atoms with Gasteiger partial charge in [-0.1, -0.05) is 32.9 Å². The van der Waals surface area contributed by atoms with E-state index in [2.05, 4.69) is 43.3 Å². The van der Waals surface area contributed by atoms with E-state index in [1.54, 1.807) is 4.68 Å². The van der Waals surface area contributed by atoms with Crippen LogP contribution >= 0.6 is 0 Å². The standard InChI is InChI=1S/C12H24N4/c1-9(2)13-7-11(4)10(3)6-12-8-16(5)15-14-12/h8-11,13H,6-7H2,1-5H3. The third-order valence-electron chi connectivity index (χ3n) is 3.00. The number of aromatic nitrogens is 3. The van der Waals surface area contributed by atoms with Gasteiger partial charge in [-0.3, -0.25) is 4.68 Å². The van der Waals surface area contributed by atoms with E-state index in [0.29, 0.717) is 17.9 Å². The van der Waals surface area contributed by atoms with Gasteiger partial charge in [0.15, 0.2) is 0 Å². The second kappa shape index (κ2) is 5.99. The molecule has 0 saturated carbocycles. The van der Waals surface area contributed by atoms with Crippen molar-refractivity contribution in [3.63, 3.8) is 0 Å². The second-order valence-electron chi connectivity index (χ2n) is 5.11. The second-order valence-corrected chi connectivity index (χ2v) is 5.11. The summed E-state index contributed by atoms with van der Waals surface area (Å²) in [5.41, 5.74) is 1.09. The van der Waals surface area contributed by atoms with Crippen molar-refractivity contribution in [3.05, 3.63) is 11.9 Å². The Kier molecular flexibility index (Phi) is 4.93. The molecule has 0 spiro atoms. The molecule has 4 nitrogen and oxygen atoms in total. The predicted molar refractivity (Wildman–Crippen MR) is 66.2 cm³/mol. The first-order valence-corrected chi connectivity index (χ1v) is 6.07.